The standard InChI is InChI=1S/C11H21NO2/c1-8(10-6-4-5-7-10)12-9(2)11(13)14-3/h8-10,12H,4-7H2,1-3H3/t8-,9?/m1/s1. The average molecular weight is 199 g/mol. The second-order valence-electron chi connectivity index (χ2n) is 4.24. The lowest BCUT2D eigenvalue weighted by Crippen LogP contribution is -2.43. The van der Waals surface area contributed by atoms with Crippen LogP contribution in [0.2, 0.25) is 0 Å². The summed E-state index contributed by atoms with van der Waals surface area (Å²) in [4.78, 5) is 11.2. The fourth-order valence-electron chi connectivity index (χ4n) is 2.23. The summed E-state index contributed by atoms with van der Waals surface area (Å²) in [5.74, 6) is 0.567. The lowest BCUT2D eigenvalue weighted by atomic mass is 9.99. The molecule has 0 aromatic heterocycles. The minimum absolute atomic E-state index is 0.171. The van der Waals surface area contributed by atoms with E-state index in [1.54, 1.807) is 0 Å². The van der Waals surface area contributed by atoms with Gasteiger partial charge in [-0.3, -0.25) is 4.79 Å². The van der Waals surface area contributed by atoms with Crippen LogP contribution in [0, 0.1) is 5.92 Å². The van der Waals surface area contributed by atoms with E-state index in [4.69, 9.17) is 0 Å². The summed E-state index contributed by atoms with van der Waals surface area (Å²) in [6.07, 6.45) is 5.26. The minimum atomic E-state index is -0.185. The van der Waals surface area contributed by atoms with Crippen molar-refractivity contribution >= 4 is 5.97 Å². The molecule has 1 aliphatic rings. The van der Waals surface area contributed by atoms with Gasteiger partial charge in [0.1, 0.15) is 6.04 Å². The van der Waals surface area contributed by atoms with Crippen LogP contribution in [0.1, 0.15) is 39.5 Å². The van der Waals surface area contributed by atoms with Crippen molar-refractivity contribution in [1.29, 1.82) is 0 Å². The molecule has 0 aromatic rings. The van der Waals surface area contributed by atoms with Gasteiger partial charge in [-0.1, -0.05) is 12.8 Å². The van der Waals surface area contributed by atoms with Crippen LogP contribution < -0.4 is 5.32 Å². The van der Waals surface area contributed by atoms with Gasteiger partial charge in [0.2, 0.25) is 0 Å². The predicted octanol–water partition coefficient (Wildman–Crippen LogP) is 1.72. The maximum atomic E-state index is 11.2. The summed E-state index contributed by atoms with van der Waals surface area (Å²) in [6, 6.07) is 0.238. The van der Waals surface area contributed by atoms with Crippen LogP contribution in [0.4, 0.5) is 0 Å². The number of carbonyl (C=O) groups excluding carboxylic acids is 1. The van der Waals surface area contributed by atoms with Crippen molar-refractivity contribution in [2.75, 3.05) is 7.11 Å². The highest BCUT2D eigenvalue weighted by molar-refractivity contribution is 5.75. The summed E-state index contributed by atoms with van der Waals surface area (Å²) in [5.41, 5.74) is 0. The molecule has 3 nitrogen and oxygen atoms in total. The van der Waals surface area contributed by atoms with Crippen molar-refractivity contribution in [1.82, 2.24) is 5.32 Å². The molecule has 0 spiro atoms. The molecule has 3 heteroatoms. The number of hydrogen-bond acceptors (Lipinski definition) is 3. The first-order valence-electron chi connectivity index (χ1n) is 5.49. The smallest absolute Gasteiger partial charge is 0.322 e. The van der Waals surface area contributed by atoms with Gasteiger partial charge in [0, 0.05) is 6.04 Å². The Morgan fingerprint density at radius 2 is 1.93 bits per heavy atom. The van der Waals surface area contributed by atoms with Gasteiger partial charge in [0.15, 0.2) is 0 Å². The number of hydrogen-bond donors (Lipinski definition) is 1. The monoisotopic (exact) mass is 199 g/mol. The van der Waals surface area contributed by atoms with Crippen molar-refractivity contribution in [3.05, 3.63) is 0 Å². The van der Waals surface area contributed by atoms with Gasteiger partial charge in [0.25, 0.3) is 0 Å². The topological polar surface area (TPSA) is 38.3 Å². The highest BCUT2D eigenvalue weighted by Crippen LogP contribution is 2.27. The van der Waals surface area contributed by atoms with Crippen molar-refractivity contribution in [2.24, 2.45) is 5.92 Å². The molecule has 1 unspecified atom stereocenters. The Morgan fingerprint density at radius 3 is 2.43 bits per heavy atom. The third-order valence-electron chi connectivity index (χ3n) is 3.17. The first-order chi connectivity index (χ1) is 6.65. The molecule has 0 radical (unpaired) electrons. The molecule has 1 rings (SSSR count). The molecule has 0 aliphatic heterocycles. The molecule has 2 atom stereocenters. The Balaban J connectivity index is 2.31. The molecule has 0 saturated heterocycles. The fraction of sp³-hybridized carbons (Fsp3) is 0.909. The average Bonchev–Trinajstić information content (AvgIpc) is 2.69. The molecule has 1 fully saturated rings. The number of carbonyl (C=O) groups is 1. The van der Waals surface area contributed by atoms with Crippen LogP contribution in [-0.4, -0.2) is 25.2 Å². The molecular weight excluding hydrogens is 178 g/mol. The lowest BCUT2D eigenvalue weighted by molar-refractivity contribution is -0.142. The molecular formula is C11H21NO2. The summed E-state index contributed by atoms with van der Waals surface area (Å²) in [6.45, 7) is 4.02. The predicted molar refractivity (Wildman–Crippen MR) is 56.0 cm³/mol. The Bertz CT molecular complexity index is 188. The number of ether oxygens (including phenoxy) is 1. The van der Waals surface area contributed by atoms with Crippen molar-refractivity contribution in [2.45, 2.75) is 51.6 Å². The third kappa shape index (κ3) is 2.98. The zero-order valence-corrected chi connectivity index (χ0v) is 9.38. The lowest BCUT2D eigenvalue weighted by Gasteiger charge is -2.23. The van der Waals surface area contributed by atoms with Gasteiger partial charge >= 0.3 is 5.97 Å². The number of esters is 1. The van der Waals surface area contributed by atoms with Crippen LogP contribution >= 0.6 is 0 Å². The van der Waals surface area contributed by atoms with Crippen molar-refractivity contribution in [3.8, 4) is 0 Å². The van der Waals surface area contributed by atoms with Crippen LogP contribution in [0.5, 0.6) is 0 Å². The number of methoxy groups -OCH3 is 1. The van der Waals surface area contributed by atoms with Gasteiger partial charge in [-0.05, 0) is 32.6 Å². The Hall–Kier alpha value is -0.570. The molecule has 82 valence electrons. The first kappa shape index (κ1) is 11.5. The summed E-state index contributed by atoms with van der Waals surface area (Å²) in [5, 5.41) is 3.30. The summed E-state index contributed by atoms with van der Waals surface area (Å²) in [7, 11) is 1.43. The van der Waals surface area contributed by atoms with Gasteiger partial charge in [-0.15, -0.1) is 0 Å². The number of rotatable bonds is 4. The summed E-state index contributed by atoms with van der Waals surface area (Å²) < 4.78 is 4.67. The Morgan fingerprint density at radius 1 is 1.36 bits per heavy atom. The second kappa shape index (κ2) is 5.35. The quantitative estimate of drug-likeness (QED) is 0.701. The van der Waals surface area contributed by atoms with E-state index in [0.717, 1.165) is 5.92 Å². The number of nitrogens with one attached hydrogen (secondary N) is 1. The van der Waals surface area contributed by atoms with Gasteiger partial charge in [-0.2, -0.15) is 0 Å². The molecule has 0 heterocycles. The zero-order valence-electron chi connectivity index (χ0n) is 9.38. The first-order valence-corrected chi connectivity index (χ1v) is 5.49. The van der Waals surface area contributed by atoms with Gasteiger partial charge in [0.05, 0.1) is 7.11 Å². The van der Waals surface area contributed by atoms with E-state index in [-0.39, 0.29) is 12.0 Å². The third-order valence-corrected chi connectivity index (χ3v) is 3.17. The van der Waals surface area contributed by atoms with Crippen LogP contribution in [0.25, 0.3) is 0 Å². The minimum Gasteiger partial charge on any atom is -0.468 e. The van der Waals surface area contributed by atoms with Crippen LogP contribution in [0.3, 0.4) is 0 Å². The van der Waals surface area contributed by atoms with E-state index < -0.39 is 0 Å². The second-order valence-corrected chi connectivity index (χ2v) is 4.24. The maximum Gasteiger partial charge on any atom is 0.322 e. The highest BCUT2D eigenvalue weighted by atomic mass is 16.5. The molecule has 1 aliphatic carbocycles. The van der Waals surface area contributed by atoms with E-state index in [9.17, 15) is 4.79 Å². The molecule has 0 bridgehead atoms. The van der Waals surface area contributed by atoms with Crippen molar-refractivity contribution < 1.29 is 9.53 Å². The SMILES string of the molecule is COC(=O)C(C)N[C@H](C)C1CCCC1. The fourth-order valence-corrected chi connectivity index (χ4v) is 2.23. The van der Waals surface area contributed by atoms with Gasteiger partial charge < -0.3 is 10.1 Å². The molecule has 0 amide bonds. The normalized spacial score (nSPS) is 21.9. The Labute approximate surface area is 86.2 Å². The maximum absolute atomic E-state index is 11.2. The van der Waals surface area contributed by atoms with E-state index in [1.807, 2.05) is 6.92 Å². The van der Waals surface area contributed by atoms with E-state index in [1.165, 1.54) is 32.8 Å². The van der Waals surface area contributed by atoms with E-state index >= 15 is 0 Å². The highest BCUT2D eigenvalue weighted by Gasteiger charge is 2.24. The van der Waals surface area contributed by atoms with E-state index in [2.05, 4.69) is 17.0 Å². The largest absolute Gasteiger partial charge is 0.468 e. The Kier molecular flexibility index (Phi) is 4.39. The van der Waals surface area contributed by atoms with E-state index in [0.29, 0.717) is 6.04 Å². The molecule has 0 aromatic carbocycles. The summed E-state index contributed by atoms with van der Waals surface area (Å²) >= 11 is 0. The van der Waals surface area contributed by atoms with Crippen molar-refractivity contribution in [3.63, 3.8) is 0 Å². The molecule has 1 saturated carbocycles. The zero-order chi connectivity index (χ0) is 10.6. The molecule has 1 N–H and O–H groups in total. The van der Waals surface area contributed by atoms with Crippen LogP contribution in [-0.2, 0) is 9.53 Å². The van der Waals surface area contributed by atoms with Gasteiger partial charge in [-0.25, -0.2) is 0 Å². The molecule has 14 heavy (non-hydrogen) atoms. The van der Waals surface area contributed by atoms with Crippen LogP contribution in [0.15, 0.2) is 0 Å².